The second kappa shape index (κ2) is 4.48. The topological polar surface area (TPSA) is 117 Å². The van der Waals surface area contributed by atoms with Crippen LogP contribution in [0.5, 0.6) is 0 Å². The van der Waals surface area contributed by atoms with E-state index >= 15 is 0 Å². The zero-order chi connectivity index (χ0) is 13.2. The first-order chi connectivity index (χ1) is 7.90. The first kappa shape index (κ1) is 12.4. The maximum absolute atomic E-state index is 12.6. The molecule has 0 spiro atoms. The van der Waals surface area contributed by atoms with E-state index in [0.29, 0.717) is 6.20 Å². The van der Waals surface area contributed by atoms with E-state index in [0.717, 1.165) is 0 Å². The van der Waals surface area contributed by atoms with Gasteiger partial charge in [0.2, 0.25) is 0 Å². The fourth-order valence-electron chi connectivity index (χ4n) is 1.17. The monoisotopic (exact) mass is 243 g/mol. The summed E-state index contributed by atoms with van der Waals surface area (Å²) < 4.78 is 25.2. The van der Waals surface area contributed by atoms with Crippen LogP contribution in [0.3, 0.4) is 0 Å². The number of carboxylic acid groups (broad SMARTS) is 1. The smallest absolute Gasteiger partial charge is 0.355 e. The number of aromatic carboxylic acids is 1. The molecular weight excluding hydrogens is 240 g/mol. The highest BCUT2D eigenvalue weighted by Crippen LogP contribution is 2.33. The van der Waals surface area contributed by atoms with E-state index < -0.39 is 39.8 Å². The number of pyridine rings is 1. The van der Waals surface area contributed by atoms with Gasteiger partial charge in [0.25, 0.3) is 12.1 Å². The standard InChI is InChI=1S/C8H3F2N3O4/c9-7(10)4-5(8(14)15)12-2-3(1-11)6(4)13(16)17/h2,7H,(H,14,15). The highest BCUT2D eigenvalue weighted by atomic mass is 19.3. The summed E-state index contributed by atoms with van der Waals surface area (Å²) in [4.78, 5) is 23.1. The van der Waals surface area contributed by atoms with E-state index in [1.165, 1.54) is 6.07 Å². The number of halogens is 2. The molecule has 0 unspecified atom stereocenters. The van der Waals surface area contributed by atoms with Crippen LogP contribution < -0.4 is 0 Å². The van der Waals surface area contributed by atoms with Crippen LogP contribution in [-0.2, 0) is 0 Å². The van der Waals surface area contributed by atoms with Crippen molar-refractivity contribution in [2.24, 2.45) is 0 Å². The van der Waals surface area contributed by atoms with Crippen LogP contribution in [-0.4, -0.2) is 21.0 Å². The van der Waals surface area contributed by atoms with E-state index in [9.17, 15) is 23.7 Å². The lowest BCUT2D eigenvalue weighted by Gasteiger charge is -2.05. The van der Waals surface area contributed by atoms with Gasteiger partial charge in [-0.05, 0) is 0 Å². The number of carbonyl (C=O) groups is 1. The van der Waals surface area contributed by atoms with Crippen molar-refractivity contribution in [2.45, 2.75) is 6.43 Å². The highest BCUT2D eigenvalue weighted by molar-refractivity contribution is 5.89. The Balaban J connectivity index is 3.73. The zero-order valence-electron chi connectivity index (χ0n) is 7.92. The maximum Gasteiger partial charge on any atom is 0.355 e. The van der Waals surface area contributed by atoms with Gasteiger partial charge in [-0.15, -0.1) is 0 Å². The Bertz CT molecular complexity index is 538. The van der Waals surface area contributed by atoms with Crippen LogP contribution in [0.2, 0.25) is 0 Å². The molecule has 1 aromatic heterocycles. The van der Waals surface area contributed by atoms with Crippen LogP contribution in [0.15, 0.2) is 6.20 Å². The van der Waals surface area contributed by atoms with E-state index in [1.54, 1.807) is 0 Å². The Kier molecular flexibility index (Phi) is 3.28. The Morgan fingerprint density at radius 3 is 2.59 bits per heavy atom. The quantitative estimate of drug-likeness (QED) is 0.634. The fraction of sp³-hybridized carbons (Fsp3) is 0.125. The number of nitrogens with zero attached hydrogens (tertiary/aromatic N) is 3. The second-order valence-electron chi connectivity index (χ2n) is 2.76. The molecule has 9 heteroatoms. The molecule has 0 saturated heterocycles. The van der Waals surface area contributed by atoms with Crippen molar-refractivity contribution < 1.29 is 23.6 Å². The van der Waals surface area contributed by atoms with Gasteiger partial charge in [-0.25, -0.2) is 18.6 Å². The largest absolute Gasteiger partial charge is 0.476 e. The lowest BCUT2D eigenvalue weighted by atomic mass is 10.1. The molecule has 0 aliphatic carbocycles. The maximum atomic E-state index is 12.6. The van der Waals surface area contributed by atoms with Gasteiger partial charge in [-0.1, -0.05) is 0 Å². The third-order valence-corrected chi connectivity index (χ3v) is 1.81. The van der Waals surface area contributed by atoms with Gasteiger partial charge in [-0.3, -0.25) is 10.1 Å². The SMILES string of the molecule is N#Cc1cnc(C(=O)O)c(C(F)F)c1[N+](=O)[O-]. The number of hydrogen-bond acceptors (Lipinski definition) is 5. The number of aromatic nitrogens is 1. The van der Waals surface area contributed by atoms with Crippen molar-refractivity contribution in [1.82, 2.24) is 4.98 Å². The Morgan fingerprint density at radius 2 is 2.24 bits per heavy atom. The Hall–Kier alpha value is -2.63. The number of rotatable bonds is 3. The number of nitriles is 1. The molecule has 0 bridgehead atoms. The van der Waals surface area contributed by atoms with Gasteiger partial charge < -0.3 is 5.11 Å². The molecule has 88 valence electrons. The first-order valence-corrected chi connectivity index (χ1v) is 3.99. The molecule has 1 aromatic rings. The van der Waals surface area contributed by atoms with E-state index in [1.807, 2.05) is 0 Å². The van der Waals surface area contributed by atoms with Gasteiger partial charge in [0.1, 0.15) is 17.2 Å². The summed E-state index contributed by atoms with van der Waals surface area (Å²) in [5, 5.41) is 27.7. The second-order valence-corrected chi connectivity index (χ2v) is 2.76. The third kappa shape index (κ3) is 2.15. The minimum absolute atomic E-state index is 0.577. The summed E-state index contributed by atoms with van der Waals surface area (Å²) in [6.07, 6.45) is -2.84. The van der Waals surface area contributed by atoms with Gasteiger partial charge in [0.15, 0.2) is 5.69 Å². The van der Waals surface area contributed by atoms with Crippen molar-refractivity contribution in [3.63, 3.8) is 0 Å². The Labute approximate surface area is 92.1 Å². The van der Waals surface area contributed by atoms with Crippen LogP contribution in [0.25, 0.3) is 0 Å². The average Bonchev–Trinajstić information content (AvgIpc) is 2.26. The van der Waals surface area contributed by atoms with E-state index in [2.05, 4.69) is 4.98 Å². The molecule has 17 heavy (non-hydrogen) atoms. The molecule has 0 fully saturated rings. The molecule has 0 aliphatic rings. The van der Waals surface area contributed by atoms with Crippen LogP contribution in [0.4, 0.5) is 14.5 Å². The molecule has 7 nitrogen and oxygen atoms in total. The van der Waals surface area contributed by atoms with Gasteiger partial charge in [-0.2, -0.15) is 5.26 Å². The molecule has 0 radical (unpaired) electrons. The molecule has 0 saturated carbocycles. The fourth-order valence-corrected chi connectivity index (χ4v) is 1.17. The molecule has 1 heterocycles. The summed E-state index contributed by atoms with van der Waals surface area (Å²) in [6, 6.07) is 1.31. The van der Waals surface area contributed by atoms with E-state index in [4.69, 9.17) is 10.4 Å². The number of nitro groups is 1. The number of hydrogen-bond donors (Lipinski definition) is 1. The lowest BCUT2D eigenvalue weighted by molar-refractivity contribution is -0.386. The van der Waals surface area contributed by atoms with Gasteiger partial charge in [0, 0.05) is 0 Å². The predicted octanol–water partition coefficient (Wildman–Crippen LogP) is 1.50. The zero-order valence-corrected chi connectivity index (χ0v) is 7.92. The van der Waals surface area contributed by atoms with Crippen molar-refractivity contribution in [3.8, 4) is 6.07 Å². The van der Waals surface area contributed by atoms with Crippen molar-refractivity contribution in [1.29, 1.82) is 5.26 Å². The summed E-state index contributed by atoms with van der Waals surface area (Å²) in [6.45, 7) is 0. The summed E-state index contributed by atoms with van der Waals surface area (Å²) in [5.41, 5.74) is -4.43. The molecule has 1 N–H and O–H groups in total. The first-order valence-electron chi connectivity index (χ1n) is 3.99. The number of alkyl halides is 2. The van der Waals surface area contributed by atoms with Crippen LogP contribution >= 0.6 is 0 Å². The molecule has 0 aliphatic heterocycles. The number of carboxylic acids is 1. The van der Waals surface area contributed by atoms with Crippen molar-refractivity contribution in [3.05, 3.63) is 33.1 Å². The molecule has 1 rings (SSSR count). The van der Waals surface area contributed by atoms with Crippen LogP contribution in [0, 0.1) is 21.4 Å². The predicted molar refractivity (Wildman–Crippen MR) is 47.5 cm³/mol. The highest BCUT2D eigenvalue weighted by Gasteiger charge is 2.33. The Morgan fingerprint density at radius 1 is 1.65 bits per heavy atom. The van der Waals surface area contributed by atoms with Crippen molar-refractivity contribution in [2.75, 3.05) is 0 Å². The lowest BCUT2D eigenvalue weighted by Crippen LogP contribution is -2.10. The van der Waals surface area contributed by atoms with E-state index in [-0.39, 0.29) is 0 Å². The van der Waals surface area contributed by atoms with Crippen molar-refractivity contribution >= 4 is 11.7 Å². The summed E-state index contributed by atoms with van der Waals surface area (Å²) in [7, 11) is 0. The van der Waals surface area contributed by atoms with Gasteiger partial charge >= 0.3 is 5.97 Å². The van der Waals surface area contributed by atoms with Gasteiger partial charge in [0.05, 0.1) is 11.1 Å². The average molecular weight is 243 g/mol. The summed E-state index contributed by atoms with van der Waals surface area (Å²) >= 11 is 0. The molecular formula is C8H3F2N3O4. The third-order valence-electron chi connectivity index (χ3n) is 1.81. The summed E-state index contributed by atoms with van der Waals surface area (Å²) in [5.74, 6) is -1.83. The minimum Gasteiger partial charge on any atom is -0.476 e. The van der Waals surface area contributed by atoms with Crippen LogP contribution in [0.1, 0.15) is 28.0 Å². The normalized spacial score (nSPS) is 10.0. The molecule has 0 atom stereocenters. The molecule has 0 aromatic carbocycles. The minimum atomic E-state index is -3.41. The molecule has 0 amide bonds.